The molecule has 1 aromatic rings. The van der Waals surface area contributed by atoms with Gasteiger partial charge in [0.25, 0.3) is 0 Å². The highest BCUT2D eigenvalue weighted by molar-refractivity contribution is 7.90. The second-order valence-corrected chi connectivity index (χ2v) is 7.09. The summed E-state index contributed by atoms with van der Waals surface area (Å²) >= 11 is 0. The summed E-state index contributed by atoms with van der Waals surface area (Å²) in [5, 5.41) is 11.7. The molecule has 4 nitrogen and oxygen atoms in total. The molecule has 0 aliphatic carbocycles. The van der Waals surface area contributed by atoms with Crippen molar-refractivity contribution in [3.8, 4) is 6.07 Å². The lowest BCUT2D eigenvalue weighted by atomic mass is 10.1. The van der Waals surface area contributed by atoms with E-state index >= 15 is 0 Å². The van der Waals surface area contributed by atoms with Gasteiger partial charge in [0.1, 0.15) is 9.84 Å². The molecular formula is C13H15F3N2O2S. The van der Waals surface area contributed by atoms with E-state index in [2.05, 4.69) is 5.32 Å². The van der Waals surface area contributed by atoms with Crippen LogP contribution >= 0.6 is 0 Å². The Morgan fingerprint density at radius 3 is 2.48 bits per heavy atom. The zero-order chi connectivity index (χ0) is 16.3. The van der Waals surface area contributed by atoms with Gasteiger partial charge in [-0.25, -0.2) is 8.42 Å². The number of nitrogens with zero attached hydrogens (tertiary/aromatic N) is 1. The first-order valence-corrected chi connectivity index (χ1v) is 8.14. The van der Waals surface area contributed by atoms with E-state index in [1.807, 2.05) is 0 Å². The smallest absolute Gasteiger partial charge is 0.383 e. The first-order valence-electron chi connectivity index (χ1n) is 6.08. The minimum atomic E-state index is -4.58. The average Bonchev–Trinajstić information content (AvgIpc) is 2.34. The van der Waals surface area contributed by atoms with Crippen LogP contribution in [0.3, 0.4) is 0 Å². The van der Waals surface area contributed by atoms with E-state index in [-0.39, 0.29) is 11.8 Å². The minimum Gasteiger partial charge on any atom is -0.383 e. The monoisotopic (exact) mass is 320 g/mol. The fourth-order valence-electron chi connectivity index (χ4n) is 1.72. The molecule has 21 heavy (non-hydrogen) atoms. The van der Waals surface area contributed by atoms with Crippen LogP contribution in [0.25, 0.3) is 0 Å². The van der Waals surface area contributed by atoms with E-state index in [1.165, 1.54) is 12.1 Å². The van der Waals surface area contributed by atoms with Crippen molar-refractivity contribution in [3.63, 3.8) is 0 Å². The van der Waals surface area contributed by atoms with Crippen molar-refractivity contribution >= 4 is 15.5 Å². The van der Waals surface area contributed by atoms with E-state index in [0.29, 0.717) is 12.1 Å². The highest BCUT2D eigenvalue weighted by Gasteiger charge is 2.33. The molecular weight excluding hydrogens is 305 g/mol. The third-order valence-electron chi connectivity index (χ3n) is 2.78. The van der Waals surface area contributed by atoms with Crippen molar-refractivity contribution < 1.29 is 21.6 Å². The number of hydrogen-bond acceptors (Lipinski definition) is 4. The molecule has 0 aliphatic rings. The largest absolute Gasteiger partial charge is 0.417 e. The van der Waals surface area contributed by atoms with E-state index in [1.54, 1.807) is 6.92 Å². The lowest BCUT2D eigenvalue weighted by Gasteiger charge is -2.16. The summed E-state index contributed by atoms with van der Waals surface area (Å²) in [6.45, 7) is 1.72. The highest BCUT2D eigenvalue weighted by atomic mass is 32.2. The molecule has 0 aliphatic heterocycles. The first-order chi connectivity index (χ1) is 9.53. The van der Waals surface area contributed by atoms with Crippen LogP contribution in [0.5, 0.6) is 0 Å². The highest BCUT2D eigenvalue weighted by Crippen LogP contribution is 2.33. The van der Waals surface area contributed by atoms with Gasteiger partial charge in [0.15, 0.2) is 0 Å². The van der Waals surface area contributed by atoms with Crippen LogP contribution in [0.4, 0.5) is 18.9 Å². The molecule has 1 atom stereocenters. The van der Waals surface area contributed by atoms with E-state index in [0.717, 1.165) is 18.4 Å². The van der Waals surface area contributed by atoms with Gasteiger partial charge in [-0.15, -0.1) is 0 Å². The van der Waals surface area contributed by atoms with Crippen LogP contribution < -0.4 is 5.32 Å². The molecule has 1 unspecified atom stereocenters. The Balaban J connectivity index is 2.85. The first kappa shape index (κ1) is 17.3. The predicted molar refractivity (Wildman–Crippen MR) is 73.6 cm³/mol. The van der Waals surface area contributed by atoms with Crippen LogP contribution in [0, 0.1) is 11.3 Å². The number of hydrogen-bond donors (Lipinski definition) is 1. The van der Waals surface area contributed by atoms with Gasteiger partial charge in [-0.3, -0.25) is 0 Å². The molecule has 0 aromatic heterocycles. The van der Waals surface area contributed by atoms with E-state index in [4.69, 9.17) is 5.26 Å². The minimum absolute atomic E-state index is 0.0209. The number of nitriles is 1. The zero-order valence-electron chi connectivity index (χ0n) is 11.5. The predicted octanol–water partition coefficient (Wildman–Crippen LogP) is 2.81. The van der Waals surface area contributed by atoms with Crippen molar-refractivity contribution in [3.05, 3.63) is 29.3 Å². The normalized spacial score (nSPS) is 13.5. The lowest BCUT2D eigenvalue weighted by Crippen LogP contribution is -2.19. The molecule has 8 heteroatoms. The molecule has 1 N–H and O–H groups in total. The Kier molecular flexibility index (Phi) is 5.23. The summed E-state index contributed by atoms with van der Waals surface area (Å²) in [6, 6.07) is 4.44. The molecule has 1 rings (SSSR count). The van der Waals surface area contributed by atoms with Gasteiger partial charge < -0.3 is 5.32 Å². The third kappa shape index (κ3) is 5.63. The van der Waals surface area contributed by atoms with Crippen LogP contribution in [0.1, 0.15) is 24.5 Å². The molecule has 0 fully saturated rings. The number of halogens is 3. The van der Waals surface area contributed by atoms with Gasteiger partial charge in [-0.1, -0.05) is 0 Å². The van der Waals surface area contributed by atoms with E-state index < -0.39 is 27.1 Å². The maximum absolute atomic E-state index is 12.6. The fraction of sp³-hybridized carbons (Fsp3) is 0.462. The Morgan fingerprint density at radius 2 is 2.00 bits per heavy atom. The van der Waals surface area contributed by atoms with Crippen LogP contribution in [0.2, 0.25) is 0 Å². The van der Waals surface area contributed by atoms with Gasteiger partial charge in [-0.05, 0) is 31.5 Å². The van der Waals surface area contributed by atoms with Crippen LogP contribution in [-0.2, 0) is 16.0 Å². The Bertz CT molecular complexity index is 648. The maximum atomic E-state index is 12.6. The Hall–Kier alpha value is -1.75. The number of alkyl halides is 3. The Morgan fingerprint density at radius 1 is 1.38 bits per heavy atom. The number of sulfone groups is 1. The number of nitrogens with one attached hydrogen (secondary N) is 1. The second-order valence-electron chi connectivity index (χ2n) is 4.83. The summed E-state index contributed by atoms with van der Waals surface area (Å²) < 4.78 is 60.0. The topological polar surface area (TPSA) is 70.0 Å². The molecule has 0 heterocycles. The van der Waals surface area contributed by atoms with Gasteiger partial charge in [0.05, 0.1) is 22.9 Å². The summed E-state index contributed by atoms with van der Waals surface area (Å²) in [7, 11) is -3.09. The molecule has 0 saturated heterocycles. The van der Waals surface area contributed by atoms with Crippen molar-refractivity contribution in [2.75, 3.05) is 17.3 Å². The Labute approximate surface area is 121 Å². The zero-order valence-corrected chi connectivity index (χ0v) is 12.3. The lowest BCUT2D eigenvalue weighted by molar-refractivity contribution is -0.137. The van der Waals surface area contributed by atoms with Crippen molar-refractivity contribution in [2.24, 2.45) is 0 Å². The van der Waals surface area contributed by atoms with Gasteiger partial charge in [-0.2, -0.15) is 18.4 Å². The fourth-order valence-corrected chi connectivity index (χ4v) is 2.50. The SMILES string of the molecule is CC(CCS(C)(=O)=O)Nc1ccc(C(F)(F)F)c(C#N)c1. The molecule has 0 bridgehead atoms. The number of rotatable bonds is 5. The molecule has 0 spiro atoms. The van der Waals surface area contributed by atoms with Crippen LogP contribution in [0.15, 0.2) is 18.2 Å². The van der Waals surface area contributed by atoms with Crippen molar-refractivity contribution in [1.29, 1.82) is 5.26 Å². The number of anilines is 1. The quantitative estimate of drug-likeness (QED) is 0.905. The van der Waals surface area contributed by atoms with Crippen molar-refractivity contribution in [2.45, 2.75) is 25.6 Å². The standard InChI is InChI=1S/C13H15F3N2O2S/c1-9(5-6-21(2,19)20)18-11-3-4-12(13(14,15)16)10(7-11)8-17/h3-4,7,9,18H,5-6H2,1-2H3. The molecule has 0 radical (unpaired) electrons. The van der Waals surface area contributed by atoms with Crippen molar-refractivity contribution in [1.82, 2.24) is 0 Å². The third-order valence-corrected chi connectivity index (χ3v) is 3.76. The molecule has 0 saturated carbocycles. The molecule has 1 aromatic carbocycles. The summed E-state index contributed by atoms with van der Waals surface area (Å²) in [6.07, 6.45) is -3.14. The van der Waals surface area contributed by atoms with Gasteiger partial charge in [0.2, 0.25) is 0 Å². The molecule has 0 amide bonds. The van der Waals surface area contributed by atoms with Gasteiger partial charge >= 0.3 is 6.18 Å². The summed E-state index contributed by atoms with van der Waals surface area (Å²) in [4.78, 5) is 0. The number of benzene rings is 1. The van der Waals surface area contributed by atoms with Gasteiger partial charge in [0, 0.05) is 18.0 Å². The average molecular weight is 320 g/mol. The second kappa shape index (κ2) is 6.35. The van der Waals surface area contributed by atoms with Crippen LogP contribution in [-0.4, -0.2) is 26.5 Å². The summed E-state index contributed by atoms with van der Waals surface area (Å²) in [5.41, 5.74) is -1.11. The summed E-state index contributed by atoms with van der Waals surface area (Å²) in [5.74, 6) is -0.0209. The van der Waals surface area contributed by atoms with E-state index in [9.17, 15) is 21.6 Å². The maximum Gasteiger partial charge on any atom is 0.417 e. The molecule has 116 valence electrons.